The van der Waals surface area contributed by atoms with Gasteiger partial charge in [0.05, 0.1) is 33.0 Å². The van der Waals surface area contributed by atoms with E-state index in [-0.39, 0.29) is 17.0 Å². The van der Waals surface area contributed by atoms with Gasteiger partial charge in [0.2, 0.25) is 0 Å². The number of thioether (sulfide) groups is 1. The van der Waals surface area contributed by atoms with Crippen molar-refractivity contribution >= 4 is 69.1 Å². The molecule has 0 radical (unpaired) electrons. The average molecular weight is 567 g/mol. The van der Waals surface area contributed by atoms with Crippen molar-refractivity contribution in [2.45, 2.75) is 19.4 Å². The number of anilines is 3. The molecule has 3 N–H and O–H groups in total. The van der Waals surface area contributed by atoms with Crippen molar-refractivity contribution in [1.29, 1.82) is 0 Å². The number of aliphatic imine (C=N–C) groups is 1. The predicted octanol–water partition coefficient (Wildman–Crippen LogP) is 7.40. The Morgan fingerprint density at radius 2 is 1.66 bits per heavy atom. The molecule has 3 aromatic carbocycles. The van der Waals surface area contributed by atoms with E-state index in [1.165, 1.54) is 0 Å². The van der Waals surface area contributed by atoms with E-state index >= 15 is 0 Å². The summed E-state index contributed by atoms with van der Waals surface area (Å²) in [7, 11) is 0. The maximum Gasteiger partial charge on any atom is 0.323 e. The van der Waals surface area contributed by atoms with E-state index in [9.17, 15) is 9.59 Å². The fraction of sp³-hybridized carbons (Fsp3) is 0.179. The van der Waals surface area contributed by atoms with Gasteiger partial charge in [-0.1, -0.05) is 71.4 Å². The van der Waals surface area contributed by atoms with Crippen molar-refractivity contribution in [2.24, 2.45) is 4.99 Å². The predicted molar refractivity (Wildman–Crippen MR) is 157 cm³/mol. The van der Waals surface area contributed by atoms with E-state index in [0.29, 0.717) is 27.7 Å². The van der Waals surface area contributed by atoms with Gasteiger partial charge >= 0.3 is 6.03 Å². The molecule has 2 aliphatic heterocycles. The van der Waals surface area contributed by atoms with Crippen molar-refractivity contribution in [2.75, 3.05) is 28.2 Å². The zero-order valence-corrected chi connectivity index (χ0v) is 22.8. The third-order valence-corrected chi connectivity index (χ3v) is 8.11. The monoisotopic (exact) mass is 565 g/mol. The number of rotatable bonds is 5. The number of allylic oxidation sites excluding steroid dienone is 1. The first-order chi connectivity index (χ1) is 18.4. The summed E-state index contributed by atoms with van der Waals surface area (Å²) in [4.78, 5) is 33.0. The smallest absolute Gasteiger partial charge is 0.323 e. The highest BCUT2D eigenvalue weighted by Crippen LogP contribution is 2.40. The summed E-state index contributed by atoms with van der Waals surface area (Å²) < 4.78 is 0. The lowest BCUT2D eigenvalue weighted by Crippen LogP contribution is -2.43. The molecule has 10 heteroatoms. The zero-order valence-electron chi connectivity index (χ0n) is 20.5. The summed E-state index contributed by atoms with van der Waals surface area (Å²) in [6.07, 6.45) is 0.999. The van der Waals surface area contributed by atoms with E-state index in [1.807, 2.05) is 61.5 Å². The Morgan fingerprint density at radius 3 is 2.42 bits per heavy atom. The highest BCUT2D eigenvalue weighted by atomic mass is 35.5. The molecule has 0 saturated carbocycles. The van der Waals surface area contributed by atoms with Gasteiger partial charge in [-0.05, 0) is 55.3 Å². The fourth-order valence-electron chi connectivity index (χ4n) is 4.46. The Hall–Kier alpha value is -3.46. The van der Waals surface area contributed by atoms with E-state index in [4.69, 9.17) is 28.2 Å². The molecule has 3 amide bonds. The van der Waals surface area contributed by atoms with Crippen LogP contribution in [-0.4, -0.2) is 34.3 Å². The van der Waals surface area contributed by atoms with Crippen LogP contribution >= 0.6 is 35.0 Å². The second kappa shape index (κ2) is 11.5. The van der Waals surface area contributed by atoms with E-state index in [2.05, 4.69) is 20.9 Å². The van der Waals surface area contributed by atoms with Crippen molar-refractivity contribution in [1.82, 2.24) is 4.90 Å². The molecular weight excluding hydrogens is 541 g/mol. The number of nitrogens with zero attached hydrogens (tertiary/aromatic N) is 2. The Morgan fingerprint density at radius 1 is 0.921 bits per heavy atom. The molecule has 5 rings (SSSR count). The SMILES string of the molecule is CC1=C(C(=O)Nc2ccccc2)C(c2ccc(NC(=O)Nc3cccc(Cl)c3Cl)cc2)N2CCCSC2=N1. The lowest BCUT2D eigenvalue weighted by molar-refractivity contribution is -0.113. The molecule has 1 fully saturated rings. The van der Waals surface area contributed by atoms with Crippen LogP contribution < -0.4 is 16.0 Å². The molecule has 2 heterocycles. The molecule has 0 spiro atoms. The zero-order chi connectivity index (χ0) is 26.6. The Bertz CT molecular complexity index is 1430. The number of fused-ring (bicyclic) bond motifs is 1. The van der Waals surface area contributed by atoms with Crippen LogP contribution in [0, 0.1) is 0 Å². The number of carbonyl (C=O) groups is 2. The fourth-order valence-corrected chi connectivity index (χ4v) is 5.83. The average Bonchev–Trinajstić information content (AvgIpc) is 2.91. The number of urea groups is 1. The van der Waals surface area contributed by atoms with Crippen LogP contribution in [0.15, 0.2) is 89.1 Å². The van der Waals surface area contributed by atoms with Gasteiger partial charge in [-0.2, -0.15) is 0 Å². The van der Waals surface area contributed by atoms with Gasteiger partial charge in [0.25, 0.3) is 5.91 Å². The number of amides is 3. The molecule has 194 valence electrons. The number of hydrogen-bond donors (Lipinski definition) is 3. The van der Waals surface area contributed by atoms with Crippen LogP contribution in [0.5, 0.6) is 0 Å². The van der Waals surface area contributed by atoms with Gasteiger partial charge in [0, 0.05) is 23.7 Å². The Kier molecular flexibility index (Phi) is 7.93. The second-order valence-corrected chi connectivity index (χ2v) is 10.7. The molecule has 2 aliphatic rings. The van der Waals surface area contributed by atoms with E-state index in [1.54, 1.807) is 30.0 Å². The first-order valence-corrected chi connectivity index (χ1v) is 13.8. The number of para-hydroxylation sites is 1. The number of amidine groups is 1. The maximum absolute atomic E-state index is 13.5. The molecule has 0 aliphatic carbocycles. The van der Waals surface area contributed by atoms with Gasteiger partial charge in [-0.15, -0.1) is 0 Å². The highest BCUT2D eigenvalue weighted by molar-refractivity contribution is 8.13. The van der Waals surface area contributed by atoms with Crippen LogP contribution in [-0.2, 0) is 4.79 Å². The van der Waals surface area contributed by atoms with Crippen LogP contribution in [0.4, 0.5) is 21.9 Å². The van der Waals surface area contributed by atoms with E-state index < -0.39 is 6.03 Å². The number of carbonyl (C=O) groups excluding carboxylic acids is 2. The third kappa shape index (κ3) is 5.67. The molecule has 0 aromatic heterocycles. The molecule has 1 atom stereocenters. The minimum atomic E-state index is -0.444. The van der Waals surface area contributed by atoms with Gasteiger partial charge in [0.1, 0.15) is 0 Å². The van der Waals surface area contributed by atoms with Crippen molar-refractivity contribution < 1.29 is 9.59 Å². The molecule has 7 nitrogen and oxygen atoms in total. The molecule has 0 bridgehead atoms. The molecule has 3 aromatic rings. The summed E-state index contributed by atoms with van der Waals surface area (Å²) in [5, 5.41) is 10.1. The maximum atomic E-state index is 13.5. The Balaban J connectivity index is 1.38. The van der Waals surface area contributed by atoms with Crippen LogP contribution in [0.2, 0.25) is 10.0 Å². The summed E-state index contributed by atoms with van der Waals surface area (Å²) >= 11 is 13.9. The minimum Gasteiger partial charge on any atom is -0.340 e. The summed E-state index contributed by atoms with van der Waals surface area (Å²) in [5.74, 6) is 0.812. The largest absolute Gasteiger partial charge is 0.340 e. The number of nitrogens with one attached hydrogen (secondary N) is 3. The topological polar surface area (TPSA) is 85.8 Å². The van der Waals surface area contributed by atoms with Gasteiger partial charge in [-0.3, -0.25) is 4.79 Å². The highest BCUT2D eigenvalue weighted by Gasteiger charge is 2.37. The van der Waals surface area contributed by atoms with Crippen LogP contribution in [0.1, 0.15) is 24.9 Å². The third-order valence-electron chi connectivity index (χ3n) is 6.22. The summed E-state index contributed by atoms with van der Waals surface area (Å²) in [6.45, 7) is 2.68. The molecular formula is C28H25Cl2N5O2S. The van der Waals surface area contributed by atoms with E-state index in [0.717, 1.165) is 35.1 Å². The lowest BCUT2D eigenvalue weighted by atomic mass is 9.93. The number of hydrogen-bond acceptors (Lipinski definition) is 5. The van der Waals surface area contributed by atoms with Gasteiger partial charge in [-0.25, -0.2) is 9.79 Å². The molecule has 1 unspecified atom stereocenters. The van der Waals surface area contributed by atoms with Crippen LogP contribution in [0.3, 0.4) is 0 Å². The van der Waals surface area contributed by atoms with Gasteiger partial charge < -0.3 is 20.9 Å². The minimum absolute atomic E-state index is 0.183. The second-order valence-electron chi connectivity index (χ2n) is 8.81. The molecule has 1 saturated heterocycles. The quantitative estimate of drug-likeness (QED) is 0.301. The van der Waals surface area contributed by atoms with Crippen LogP contribution in [0.25, 0.3) is 0 Å². The first kappa shape index (κ1) is 26.2. The standard InChI is InChI=1S/C28H25Cl2N5O2S/c1-17-23(26(36)32-19-7-3-2-4-8-19)25(35-15-6-16-38-28(35)31-17)18-11-13-20(14-12-18)33-27(37)34-22-10-5-9-21(29)24(22)30/h2-5,7-14,25H,6,15-16H2,1H3,(H,32,36)(H2,33,34,37). The van der Waals surface area contributed by atoms with Crippen molar-refractivity contribution in [3.63, 3.8) is 0 Å². The van der Waals surface area contributed by atoms with Crippen molar-refractivity contribution in [3.8, 4) is 0 Å². The lowest BCUT2D eigenvalue weighted by Gasteiger charge is -2.40. The summed E-state index contributed by atoms with van der Waals surface area (Å²) in [5.41, 5.74) is 3.97. The molecule has 38 heavy (non-hydrogen) atoms. The van der Waals surface area contributed by atoms with Gasteiger partial charge in [0.15, 0.2) is 5.17 Å². The number of halogens is 2. The summed E-state index contributed by atoms with van der Waals surface area (Å²) in [6, 6.07) is 21.2. The van der Waals surface area contributed by atoms with Crippen molar-refractivity contribution in [3.05, 3.63) is 99.7 Å². The normalized spacial score (nSPS) is 16.9. The Labute approximate surface area is 235 Å². The first-order valence-electron chi connectivity index (χ1n) is 12.1. The number of benzene rings is 3.